The van der Waals surface area contributed by atoms with Crippen LogP contribution in [0.3, 0.4) is 0 Å². The molecule has 0 amide bonds. The summed E-state index contributed by atoms with van der Waals surface area (Å²) in [6.45, 7) is 5.49. The van der Waals surface area contributed by atoms with Crippen molar-refractivity contribution in [3.63, 3.8) is 0 Å². The molecule has 0 saturated heterocycles. The van der Waals surface area contributed by atoms with E-state index < -0.39 is 0 Å². The monoisotopic (exact) mass is 274 g/mol. The topological polar surface area (TPSA) is 24.9 Å². The van der Waals surface area contributed by atoms with Gasteiger partial charge < -0.3 is 5.32 Å². The normalized spacial score (nSPS) is 12.6. The molecule has 1 N–H and O–H groups in total. The van der Waals surface area contributed by atoms with Crippen molar-refractivity contribution in [3.05, 3.63) is 41.0 Å². The van der Waals surface area contributed by atoms with Crippen LogP contribution in [-0.4, -0.2) is 18.6 Å². The Morgan fingerprint density at radius 1 is 1.26 bits per heavy atom. The molecule has 1 unspecified atom stereocenters. The molecule has 0 bridgehead atoms. The lowest BCUT2D eigenvalue weighted by molar-refractivity contribution is 0.734. The van der Waals surface area contributed by atoms with Gasteiger partial charge in [0.25, 0.3) is 0 Å². The summed E-state index contributed by atoms with van der Waals surface area (Å²) in [6, 6.07) is 8.93. The lowest BCUT2D eigenvalue weighted by Crippen LogP contribution is -2.09. The predicted molar refractivity (Wildman–Crippen MR) is 83.9 cm³/mol. The van der Waals surface area contributed by atoms with E-state index in [-0.39, 0.29) is 0 Å². The molecule has 2 nitrogen and oxygen atoms in total. The summed E-state index contributed by atoms with van der Waals surface area (Å²) in [6.07, 6.45) is 4.19. The Labute approximate surface area is 119 Å². The number of aromatic nitrogens is 1. The second kappa shape index (κ2) is 6.83. The predicted octanol–water partition coefficient (Wildman–Crippen LogP) is 4.09. The van der Waals surface area contributed by atoms with Crippen LogP contribution in [0.1, 0.15) is 36.8 Å². The fourth-order valence-corrected chi connectivity index (χ4v) is 2.93. The fraction of sp³-hybridized carbons (Fsp3) is 0.438. The Hall–Kier alpha value is -1.19. The lowest BCUT2D eigenvalue weighted by atomic mass is 9.97. The van der Waals surface area contributed by atoms with E-state index in [9.17, 15) is 0 Å². The lowest BCUT2D eigenvalue weighted by Gasteiger charge is -2.08. The molecule has 1 heterocycles. The van der Waals surface area contributed by atoms with Crippen molar-refractivity contribution in [2.45, 2.75) is 32.6 Å². The Morgan fingerprint density at radius 3 is 2.63 bits per heavy atom. The van der Waals surface area contributed by atoms with Gasteiger partial charge in [0.05, 0.1) is 9.88 Å². The highest BCUT2D eigenvalue weighted by Crippen LogP contribution is 2.28. The number of nitrogens with zero attached hydrogens (tertiary/aromatic N) is 1. The summed E-state index contributed by atoms with van der Waals surface area (Å²) in [5.74, 6) is 0.640. The standard InChI is InChI=1S/C16H22N2S/c1-4-12(2)13-5-7-14(8-6-13)15-11-18-16(19-15)9-10-17-3/h5-8,11-12,17H,4,9-10H2,1-3H3. The van der Waals surface area contributed by atoms with Crippen molar-refractivity contribution < 1.29 is 0 Å². The van der Waals surface area contributed by atoms with Crippen LogP contribution in [0.5, 0.6) is 0 Å². The van der Waals surface area contributed by atoms with Gasteiger partial charge in [0.1, 0.15) is 0 Å². The van der Waals surface area contributed by atoms with Crippen LogP contribution in [0.4, 0.5) is 0 Å². The van der Waals surface area contributed by atoms with Crippen LogP contribution in [0, 0.1) is 0 Å². The van der Waals surface area contributed by atoms with Gasteiger partial charge in [-0.15, -0.1) is 11.3 Å². The van der Waals surface area contributed by atoms with E-state index in [4.69, 9.17) is 0 Å². The van der Waals surface area contributed by atoms with Gasteiger partial charge >= 0.3 is 0 Å². The maximum atomic E-state index is 4.48. The highest BCUT2D eigenvalue weighted by atomic mass is 32.1. The van der Waals surface area contributed by atoms with Crippen molar-refractivity contribution in [1.29, 1.82) is 0 Å². The smallest absolute Gasteiger partial charge is 0.0943 e. The molecule has 0 spiro atoms. The second-order valence-corrected chi connectivity index (χ2v) is 6.02. The largest absolute Gasteiger partial charge is 0.319 e. The van der Waals surface area contributed by atoms with Crippen molar-refractivity contribution in [1.82, 2.24) is 10.3 Å². The molecule has 19 heavy (non-hydrogen) atoms. The summed E-state index contributed by atoms with van der Waals surface area (Å²) < 4.78 is 0. The molecule has 0 aliphatic carbocycles. The van der Waals surface area contributed by atoms with Gasteiger partial charge in [-0.2, -0.15) is 0 Å². The number of hydrogen-bond acceptors (Lipinski definition) is 3. The first-order valence-corrected chi connectivity index (χ1v) is 7.76. The molecule has 2 aromatic rings. The molecule has 0 radical (unpaired) electrons. The van der Waals surface area contributed by atoms with Gasteiger partial charge in [-0.25, -0.2) is 4.98 Å². The average Bonchev–Trinajstić information content (AvgIpc) is 2.93. The molecule has 102 valence electrons. The third kappa shape index (κ3) is 3.64. The van der Waals surface area contributed by atoms with Gasteiger partial charge in [-0.1, -0.05) is 38.1 Å². The number of thiazole rings is 1. The molecular formula is C16H22N2S. The maximum Gasteiger partial charge on any atom is 0.0943 e. The van der Waals surface area contributed by atoms with Crippen molar-refractivity contribution in [2.75, 3.05) is 13.6 Å². The minimum atomic E-state index is 0.640. The van der Waals surface area contributed by atoms with Gasteiger partial charge in [-0.05, 0) is 30.5 Å². The van der Waals surface area contributed by atoms with Crippen LogP contribution in [0.2, 0.25) is 0 Å². The first kappa shape index (κ1) is 14.2. The minimum Gasteiger partial charge on any atom is -0.319 e. The molecule has 0 aliphatic heterocycles. The van der Waals surface area contributed by atoms with Crippen LogP contribution in [0.15, 0.2) is 30.5 Å². The Kier molecular flexibility index (Phi) is 5.11. The van der Waals surface area contributed by atoms with E-state index in [1.165, 1.54) is 27.4 Å². The van der Waals surface area contributed by atoms with E-state index in [1.807, 2.05) is 13.2 Å². The third-order valence-electron chi connectivity index (χ3n) is 3.52. The Balaban J connectivity index is 2.11. The molecule has 1 aromatic carbocycles. The molecule has 0 aliphatic rings. The highest BCUT2D eigenvalue weighted by molar-refractivity contribution is 7.15. The minimum absolute atomic E-state index is 0.640. The molecule has 0 fully saturated rings. The van der Waals surface area contributed by atoms with Crippen LogP contribution >= 0.6 is 11.3 Å². The Bertz CT molecular complexity index is 502. The molecule has 3 heteroatoms. The van der Waals surface area contributed by atoms with Crippen molar-refractivity contribution in [3.8, 4) is 10.4 Å². The fourth-order valence-electron chi connectivity index (χ4n) is 2.00. The molecule has 0 saturated carbocycles. The van der Waals surface area contributed by atoms with Crippen molar-refractivity contribution >= 4 is 11.3 Å². The molecule has 1 atom stereocenters. The summed E-state index contributed by atoms with van der Waals surface area (Å²) in [4.78, 5) is 5.75. The summed E-state index contributed by atoms with van der Waals surface area (Å²) in [5, 5.41) is 4.36. The van der Waals surface area contributed by atoms with E-state index in [0.29, 0.717) is 5.92 Å². The average molecular weight is 274 g/mol. The van der Waals surface area contributed by atoms with Gasteiger partial charge in [0, 0.05) is 19.2 Å². The number of likely N-dealkylation sites (N-methyl/N-ethyl adjacent to an activating group) is 1. The van der Waals surface area contributed by atoms with E-state index in [2.05, 4.69) is 48.4 Å². The molecule has 1 aromatic heterocycles. The van der Waals surface area contributed by atoms with Gasteiger partial charge in [-0.3, -0.25) is 0 Å². The first-order valence-electron chi connectivity index (χ1n) is 6.94. The van der Waals surface area contributed by atoms with E-state index in [0.717, 1.165) is 13.0 Å². The van der Waals surface area contributed by atoms with Crippen molar-refractivity contribution in [2.24, 2.45) is 0 Å². The van der Waals surface area contributed by atoms with E-state index >= 15 is 0 Å². The zero-order valence-electron chi connectivity index (χ0n) is 11.9. The van der Waals surface area contributed by atoms with Gasteiger partial charge in [0.15, 0.2) is 0 Å². The number of hydrogen-bond donors (Lipinski definition) is 1. The van der Waals surface area contributed by atoms with Gasteiger partial charge in [0.2, 0.25) is 0 Å². The Morgan fingerprint density at radius 2 is 2.00 bits per heavy atom. The van der Waals surface area contributed by atoms with E-state index in [1.54, 1.807) is 11.3 Å². The maximum absolute atomic E-state index is 4.48. The van der Waals surface area contributed by atoms with Crippen LogP contribution < -0.4 is 5.32 Å². The summed E-state index contributed by atoms with van der Waals surface area (Å²) in [5.41, 5.74) is 2.70. The number of rotatable bonds is 6. The third-order valence-corrected chi connectivity index (χ3v) is 4.63. The number of nitrogens with one attached hydrogen (secondary N) is 1. The quantitative estimate of drug-likeness (QED) is 0.858. The first-order chi connectivity index (χ1) is 9.24. The highest BCUT2D eigenvalue weighted by Gasteiger charge is 2.06. The zero-order valence-corrected chi connectivity index (χ0v) is 12.8. The SMILES string of the molecule is CCC(C)c1ccc(-c2cnc(CCNC)s2)cc1. The van der Waals surface area contributed by atoms with Crippen LogP contribution in [-0.2, 0) is 6.42 Å². The van der Waals surface area contributed by atoms with Crippen LogP contribution in [0.25, 0.3) is 10.4 Å². The second-order valence-electron chi connectivity index (χ2n) is 4.90. The number of benzene rings is 1. The summed E-state index contributed by atoms with van der Waals surface area (Å²) >= 11 is 1.79. The molecule has 2 rings (SSSR count). The molecular weight excluding hydrogens is 252 g/mol. The zero-order chi connectivity index (χ0) is 13.7. The summed E-state index contributed by atoms with van der Waals surface area (Å²) in [7, 11) is 1.97.